The fourth-order valence-electron chi connectivity index (χ4n) is 2.22. The molecule has 0 spiro atoms. The molecule has 3 nitrogen and oxygen atoms in total. The summed E-state index contributed by atoms with van der Waals surface area (Å²) in [6.45, 7) is 4.47. The molecule has 1 aromatic rings. The zero-order valence-electron chi connectivity index (χ0n) is 10.3. The van der Waals surface area contributed by atoms with Crippen molar-refractivity contribution < 1.29 is 9.84 Å². The molecule has 0 unspecified atom stereocenters. The van der Waals surface area contributed by atoms with E-state index in [1.54, 1.807) is 0 Å². The van der Waals surface area contributed by atoms with Gasteiger partial charge in [-0.15, -0.1) is 0 Å². The lowest BCUT2D eigenvalue weighted by atomic mass is 10.2. The van der Waals surface area contributed by atoms with Crippen molar-refractivity contribution in [3.63, 3.8) is 0 Å². The standard InChI is InChI=1S/C14H21NO2/c16-12-13-5-3-6-14(11-13)17-10-4-9-15-7-1-2-8-15/h3,5-6,11,16H,1-2,4,7-10,12H2. The van der Waals surface area contributed by atoms with E-state index in [2.05, 4.69) is 4.90 Å². The monoisotopic (exact) mass is 235 g/mol. The maximum absolute atomic E-state index is 9.01. The summed E-state index contributed by atoms with van der Waals surface area (Å²) < 4.78 is 5.67. The number of ether oxygens (including phenoxy) is 1. The molecule has 0 bridgehead atoms. The first kappa shape index (κ1) is 12.4. The Kier molecular flexibility index (Phi) is 4.83. The van der Waals surface area contributed by atoms with Crippen LogP contribution in [0.4, 0.5) is 0 Å². The number of rotatable bonds is 6. The third kappa shape index (κ3) is 4.02. The van der Waals surface area contributed by atoms with Crippen molar-refractivity contribution in [3.05, 3.63) is 29.8 Å². The SMILES string of the molecule is OCc1cccc(OCCCN2CCCC2)c1. The van der Waals surface area contributed by atoms with Crippen molar-refractivity contribution in [3.8, 4) is 5.75 Å². The summed E-state index contributed by atoms with van der Waals surface area (Å²) in [5.74, 6) is 0.859. The van der Waals surface area contributed by atoms with E-state index in [1.165, 1.54) is 25.9 Å². The van der Waals surface area contributed by atoms with Crippen LogP contribution in [0.1, 0.15) is 24.8 Å². The number of nitrogens with zero attached hydrogens (tertiary/aromatic N) is 1. The van der Waals surface area contributed by atoms with Crippen LogP contribution in [-0.4, -0.2) is 36.2 Å². The highest BCUT2D eigenvalue weighted by atomic mass is 16.5. The molecule has 0 saturated carbocycles. The molecular weight excluding hydrogens is 214 g/mol. The Labute approximate surface area is 103 Å². The summed E-state index contributed by atoms with van der Waals surface area (Å²) in [5.41, 5.74) is 0.905. The fraction of sp³-hybridized carbons (Fsp3) is 0.571. The number of hydrogen-bond donors (Lipinski definition) is 1. The van der Waals surface area contributed by atoms with Gasteiger partial charge in [0, 0.05) is 6.54 Å². The van der Waals surface area contributed by atoms with Gasteiger partial charge in [0.1, 0.15) is 5.75 Å². The van der Waals surface area contributed by atoms with E-state index in [0.717, 1.165) is 30.9 Å². The van der Waals surface area contributed by atoms with Crippen LogP contribution in [0.2, 0.25) is 0 Å². The van der Waals surface area contributed by atoms with Crippen LogP contribution in [0.5, 0.6) is 5.75 Å². The smallest absolute Gasteiger partial charge is 0.119 e. The van der Waals surface area contributed by atoms with E-state index >= 15 is 0 Å². The Hall–Kier alpha value is -1.06. The van der Waals surface area contributed by atoms with Gasteiger partial charge in [0.15, 0.2) is 0 Å². The van der Waals surface area contributed by atoms with E-state index in [0.29, 0.717) is 0 Å². The van der Waals surface area contributed by atoms with Crippen LogP contribution in [0, 0.1) is 0 Å². The molecule has 0 aromatic heterocycles. The average molecular weight is 235 g/mol. The highest BCUT2D eigenvalue weighted by molar-refractivity contribution is 5.27. The number of aliphatic hydroxyl groups excluding tert-OH is 1. The van der Waals surface area contributed by atoms with Crippen LogP contribution in [0.15, 0.2) is 24.3 Å². The molecule has 17 heavy (non-hydrogen) atoms. The van der Waals surface area contributed by atoms with Crippen molar-refractivity contribution in [1.82, 2.24) is 4.90 Å². The Bertz CT molecular complexity index is 335. The predicted octanol–water partition coefficient (Wildman–Crippen LogP) is 2.04. The molecule has 3 heteroatoms. The van der Waals surface area contributed by atoms with Gasteiger partial charge >= 0.3 is 0 Å². The molecule has 1 fully saturated rings. The molecule has 1 N–H and O–H groups in total. The third-order valence-electron chi connectivity index (χ3n) is 3.17. The molecular formula is C14H21NO2. The zero-order chi connectivity index (χ0) is 11.9. The molecule has 1 saturated heterocycles. The second-order valence-electron chi connectivity index (χ2n) is 4.56. The van der Waals surface area contributed by atoms with E-state index in [-0.39, 0.29) is 6.61 Å². The first-order chi connectivity index (χ1) is 8.38. The lowest BCUT2D eigenvalue weighted by molar-refractivity contribution is 0.260. The van der Waals surface area contributed by atoms with Gasteiger partial charge in [-0.2, -0.15) is 0 Å². The fourth-order valence-corrected chi connectivity index (χ4v) is 2.22. The van der Waals surface area contributed by atoms with Gasteiger partial charge in [-0.05, 0) is 50.0 Å². The van der Waals surface area contributed by atoms with Gasteiger partial charge in [-0.1, -0.05) is 12.1 Å². The van der Waals surface area contributed by atoms with Crippen LogP contribution in [0.25, 0.3) is 0 Å². The van der Waals surface area contributed by atoms with Crippen LogP contribution in [-0.2, 0) is 6.61 Å². The van der Waals surface area contributed by atoms with Gasteiger partial charge in [0.2, 0.25) is 0 Å². The van der Waals surface area contributed by atoms with Gasteiger partial charge in [-0.3, -0.25) is 0 Å². The molecule has 2 rings (SSSR count). The van der Waals surface area contributed by atoms with Crippen LogP contribution < -0.4 is 4.74 Å². The maximum Gasteiger partial charge on any atom is 0.119 e. The highest BCUT2D eigenvalue weighted by Crippen LogP contribution is 2.14. The number of likely N-dealkylation sites (tertiary alicyclic amines) is 1. The van der Waals surface area contributed by atoms with Crippen molar-refractivity contribution in [1.29, 1.82) is 0 Å². The number of aliphatic hydroxyl groups is 1. The molecule has 1 aromatic carbocycles. The van der Waals surface area contributed by atoms with Crippen LogP contribution >= 0.6 is 0 Å². The minimum atomic E-state index is 0.0744. The van der Waals surface area contributed by atoms with Gasteiger partial charge in [-0.25, -0.2) is 0 Å². The van der Waals surface area contributed by atoms with Crippen molar-refractivity contribution >= 4 is 0 Å². The Morgan fingerprint density at radius 3 is 2.82 bits per heavy atom. The minimum Gasteiger partial charge on any atom is -0.494 e. The Morgan fingerprint density at radius 2 is 2.06 bits per heavy atom. The Morgan fingerprint density at radius 1 is 1.24 bits per heavy atom. The van der Waals surface area contributed by atoms with Gasteiger partial charge < -0.3 is 14.7 Å². The molecule has 0 radical (unpaired) electrons. The average Bonchev–Trinajstić information content (AvgIpc) is 2.88. The van der Waals surface area contributed by atoms with E-state index in [9.17, 15) is 0 Å². The lowest BCUT2D eigenvalue weighted by Crippen LogP contribution is -2.21. The first-order valence-corrected chi connectivity index (χ1v) is 6.43. The molecule has 0 amide bonds. The Balaban J connectivity index is 1.66. The molecule has 0 atom stereocenters. The van der Waals surface area contributed by atoms with E-state index < -0.39 is 0 Å². The number of hydrogen-bond acceptors (Lipinski definition) is 3. The second kappa shape index (κ2) is 6.62. The summed E-state index contributed by atoms with van der Waals surface area (Å²) in [7, 11) is 0. The topological polar surface area (TPSA) is 32.7 Å². The van der Waals surface area contributed by atoms with Crippen LogP contribution in [0.3, 0.4) is 0 Å². The normalized spacial score (nSPS) is 16.3. The van der Waals surface area contributed by atoms with Crippen molar-refractivity contribution in [2.75, 3.05) is 26.2 Å². The van der Waals surface area contributed by atoms with Gasteiger partial charge in [0.25, 0.3) is 0 Å². The maximum atomic E-state index is 9.01. The first-order valence-electron chi connectivity index (χ1n) is 6.43. The molecule has 1 aliphatic rings. The predicted molar refractivity (Wildman–Crippen MR) is 68.2 cm³/mol. The molecule has 0 aliphatic carbocycles. The van der Waals surface area contributed by atoms with E-state index in [4.69, 9.17) is 9.84 Å². The van der Waals surface area contributed by atoms with Gasteiger partial charge in [0.05, 0.1) is 13.2 Å². The third-order valence-corrected chi connectivity index (χ3v) is 3.17. The molecule has 1 aliphatic heterocycles. The second-order valence-corrected chi connectivity index (χ2v) is 4.56. The molecule has 1 heterocycles. The van der Waals surface area contributed by atoms with Crippen molar-refractivity contribution in [2.45, 2.75) is 25.9 Å². The summed E-state index contributed by atoms with van der Waals surface area (Å²) in [4.78, 5) is 2.49. The highest BCUT2D eigenvalue weighted by Gasteiger charge is 2.10. The van der Waals surface area contributed by atoms with Crippen molar-refractivity contribution in [2.24, 2.45) is 0 Å². The van der Waals surface area contributed by atoms with E-state index in [1.807, 2.05) is 24.3 Å². The summed E-state index contributed by atoms with van der Waals surface area (Å²) in [6, 6.07) is 7.66. The lowest BCUT2D eigenvalue weighted by Gasteiger charge is -2.14. The largest absolute Gasteiger partial charge is 0.494 e. The summed E-state index contributed by atoms with van der Waals surface area (Å²) in [6.07, 6.45) is 3.77. The molecule has 94 valence electrons. The zero-order valence-corrected chi connectivity index (χ0v) is 10.3. The summed E-state index contributed by atoms with van der Waals surface area (Å²) in [5, 5.41) is 9.01. The number of benzene rings is 1. The minimum absolute atomic E-state index is 0.0744. The quantitative estimate of drug-likeness (QED) is 0.766. The summed E-state index contributed by atoms with van der Waals surface area (Å²) >= 11 is 0.